The van der Waals surface area contributed by atoms with Crippen molar-refractivity contribution in [1.82, 2.24) is 5.32 Å². The van der Waals surface area contributed by atoms with Crippen LogP contribution in [-0.4, -0.2) is 73.4 Å². The van der Waals surface area contributed by atoms with Crippen LogP contribution in [0.1, 0.15) is 251 Å². The lowest BCUT2D eigenvalue weighted by Crippen LogP contribution is -2.46. The summed E-state index contributed by atoms with van der Waals surface area (Å²) < 4.78 is 23.8. The van der Waals surface area contributed by atoms with Gasteiger partial charge < -0.3 is 19.8 Å². The molecule has 67 heavy (non-hydrogen) atoms. The molecule has 0 heterocycles. The van der Waals surface area contributed by atoms with Crippen LogP contribution in [0.4, 0.5) is 0 Å². The molecule has 0 aliphatic carbocycles. The van der Waals surface area contributed by atoms with Crippen LogP contribution in [0.25, 0.3) is 0 Å². The molecule has 0 aromatic rings. The summed E-state index contributed by atoms with van der Waals surface area (Å²) in [5, 5.41) is 14.0. The Hall–Kier alpha value is -1.80. The summed E-state index contributed by atoms with van der Waals surface area (Å²) in [4.78, 5) is 23.3. The maximum Gasteiger partial charge on any atom is 0.472 e. The normalized spacial score (nSPS) is 14.4. The van der Waals surface area contributed by atoms with E-state index in [1.54, 1.807) is 0 Å². The third-order valence-electron chi connectivity index (χ3n) is 12.5. The van der Waals surface area contributed by atoms with E-state index in [0.717, 1.165) is 70.6 Å². The van der Waals surface area contributed by atoms with Gasteiger partial charge in [-0.2, -0.15) is 0 Å². The lowest BCUT2D eigenvalue weighted by molar-refractivity contribution is -0.870. The molecule has 3 unspecified atom stereocenters. The minimum absolute atomic E-state index is 0.0734. The van der Waals surface area contributed by atoms with Crippen molar-refractivity contribution >= 4 is 13.7 Å². The molecule has 0 aromatic carbocycles. The average Bonchev–Trinajstić information content (AvgIpc) is 3.29. The number of allylic oxidation sites excluding steroid dienone is 10. The highest BCUT2D eigenvalue weighted by Gasteiger charge is 2.28. The summed E-state index contributed by atoms with van der Waals surface area (Å²) in [5.74, 6) is -0.146. The third kappa shape index (κ3) is 51.9. The van der Waals surface area contributed by atoms with Crippen LogP contribution in [0, 0.1) is 0 Å². The number of likely N-dealkylation sites (N-methyl/N-ethyl adjacent to an activating group) is 1. The molecule has 0 radical (unpaired) electrons. The second kappa shape index (κ2) is 49.2. The first kappa shape index (κ1) is 65.2. The van der Waals surface area contributed by atoms with E-state index in [9.17, 15) is 19.4 Å². The molecule has 0 fully saturated rings. The third-order valence-corrected chi connectivity index (χ3v) is 13.5. The lowest BCUT2D eigenvalue weighted by atomic mass is 10.0. The Bertz CT molecular complexity index is 1270. The maximum atomic E-state index is 13.0. The van der Waals surface area contributed by atoms with Crippen LogP contribution in [0.15, 0.2) is 60.8 Å². The number of unbranched alkanes of at least 4 members (excludes halogenated alkanes) is 28. The number of phosphoric ester groups is 1. The fourth-order valence-electron chi connectivity index (χ4n) is 8.13. The molecule has 9 heteroatoms. The molecule has 1 amide bonds. The Labute approximate surface area is 415 Å². The van der Waals surface area contributed by atoms with E-state index in [4.69, 9.17) is 9.05 Å². The summed E-state index contributed by atoms with van der Waals surface area (Å²) >= 11 is 0. The number of quaternary nitrogens is 1. The molecule has 0 aliphatic heterocycles. The van der Waals surface area contributed by atoms with E-state index in [0.29, 0.717) is 23.9 Å². The zero-order chi connectivity index (χ0) is 49.2. The van der Waals surface area contributed by atoms with Crippen molar-refractivity contribution in [3.05, 3.63) is 60.8 Å². The summed E-state index contributed by atoms with van der Waals surface area (Å²) in [5.41, 5.74) is 0. The number of hydrogen-bond donors (Lipinski definition) is 3. The van der Waals surface area contributed by atoms with E-state index in [1.165, 1.54) is 154 Å². The number of carbonyl (C=O) groups is 1. The number of aliphatic hydroxyl groups is 1. The number of hydrogen-bond acceptors (Lipinski definition) is 5. The fourth-order valence-corrected chi connectivity index (χ4v) is 8.87. The molecule has 8 nitrogen and oxygen atoms in total. The van der Waals surface area contributed by atoms with Crippen molar-refractivity contribution in [3.63, 3.8) is 0 Å². The first-order valence-corrected chi connectivity index (χ1v) is 29.6. The van der Waals surface area contributed by atoms with Crippen molar-refractivity contribution in [1.29, 1.82) is 0 Å². The van der Waals surface area contributed by atoms with Crippen LogP contribution < -0.4 is 5.32 Å². The molecular formula is C58H110N2O6P+. The van der Waals surface area contributed by atoms with E-state index in [1.807, 2.05) is 21.1 Å². The number of nitrogens with zero attached hydrogens (tertiary/aromatic N) is 1. The van der Waals surface area contributed by atoms with Crippen molar-refractivity contribution < 1.29 is 32.9 Å². The van der Waals surface area contributed by atoms with Gasteiger partial charge in [-0.15, -0.1) is 0 Å². The number of phosphoric acid groups is 1. The highest BCUT2D eigenvalue weighted by Crippen LogP contribution is 2.43. The smallest absolute Gasteiger partial charge is 0.391 e. The van der Waals surface area contributed by atoms with Gasteiger partial charge in [0.15, 0.2) is 0 Å². The summed E-state index contributed by atoms with van der Waals surface area (Å²) in [6, 6.07) is -0.763. The summed E-state index contributed by atoms with van der Waals surface area (Å²) in [6.45, 7) is 4.79. The average molecular weight is 962 g/mol. The monoisotopic (exact) mass is 962 g/mol. The van der Waals surface area contributed by atoms with Gasteiger partial charge in [0.1, 0.15) is 13.2 Å². The molecule has 3 N–H and O–H groups in total. The van der Waals surface area contributed by atoms with Crippen LogP contribution >= 0.6 is 7.82 Å². The Morgan fingerprint density at radius 3 is 1.31 bits per heavy atom. The number of aliphatic hydroxyl groups excluding tert-OH is 1. The number of carbonyl (C=O) groups excluding carboxylic acids is 1. The Kier molecular flexibility index (Phi) is 47.9. The molecule has 0 aromatic heterocycles. The van der Waals surface area contributed by atoms with Crippen molar-refractivity contribution in [2.45, 2.75) is 264 Å². The predicted octanol–water partition coefficient (Wildman–Crippen LogP) is 16.9. The van der Waals surface area contributed by atoms with Crippen LogP contribution in [-0.2, 0) is 18.4 Å². The van der Waals surface area contributed by atoms with Crippen molar-refractivity contribution in [2.75, 3.05) is 40.9 Å². The van der Waals surface area contributed by atoms with E-state index in [-0.39, 0.29) is 19.1 Å². The van der Waals surface area contributed by atoms with Gasteiger partial charge >= 0.3 is 7.82 Å². The Morgan fingerprint density at radius 1 is 0.522 bits per heavy atom. The highest BCUT2D eigenvalue weighted by molar-refractivity contribution is 7.47. The molecule has 0 saturated heterocycles. The number of amides is 1. The van der Waals surface area contributed by atoms with Gasteiger partial charge in [-0.05, 0) is 57.8 Å². The minimum atomic E-state index is -4.32. The second-order valence-electron chi connectivity index (χ2n) is 20.3. The van der Waals surface area contributed by atoms with Crippen LogP contribution in [0.2, 0.25) is 0 Å². The minimum Gasteiger partial charge on any atom is -0.391 e. The molecule has 0 bridgehead atoms. The highest BCUT2D eigenvalue weighted by atomic mass is 31.2. The van der Waals surface area contributed by atoms with Gasteiger partial charge in [-0.25, -0.2) is 4.57 Å². The van der Waals surface area contributed by atoms with Crippen molar-refractivity contribution in [2.24, 2.45) is 0 Å². The number of nitrogens with one attached hydrogen (secondary N) is 1. The SMILES string of the molecule is CC/C=C\C/C=C\C/C=C\C/C=C\C/C=C\CCCCCCCCCCCCCCCC(=O)NC(COP(=O)(O)OCC[N+](C)(C)C)C(O)CCCCCCCCCCCCCCCCCC. The molecule has 3 atom stereocenters. The molecule has 0 saturated carbocycles. The van der Waals surface area contributed by atoms with E-state index < -0.39 is 20.0 Å². The number of rotatable bonds is 51. The second-order valence-corrected chi connectivity index (χ2v) is 21.7. The van der Waals surface area contributed by atoms with Crippen molar-refractivity contribution in [3.8, 4) is 0 Å². The zero-order valence-electron chi connectivity index (χ0n) is 44.6. The Morgan fingerprint density at radius 2 is 0.896 bits per heavy atom. The summed E-state index contributed by atoms with van der Waals surface area (Å²) in [6.07, 6.45) is 65.5. The molecule has 392 valence electrons. The van der Waals surface area contributed by atoms with Crippen LogP contribution in [0.5, 0.6) is 0 Å². The van der Waals surface area contributed by atoms with E-state index in [2.05, 4.69) is 79.9 Å². The van der Waals surface area contributed by atoms with E-state index >= 15 is 0 Å². The topological polar surface area (TPSA) is 105 Å². The van der Waals surface area contributed by atoms with Crippen LogP contribution in [0.3, 0.4) is 0 Å². The molecule has 0 rings (SSSR count). The molecular weight excluding hydrogens is 852 g/mol. The van der Waals surface area contributed by atoms with Gasteiger partial charge in [0, 0.05) is 6.42 Å². The first-order valence-electron chi connectivity index (χ1n) is 28.2. The summed E-state index contributed by atoms with van der Waals surface area (Å²) in [7, 11) is 1.62. The maximum absolute atomic E-state index is 13.0. The van der Waals surface area contributed by atoms with Gasteiger partial charge in [0.2, 0.25) is 5.91 Å². The molecule has 0 aliphatic rings. The van der Waals surface area contributed by atoms with Gasteiger partial charge in [-0.1, -0.05) is 248 Å². The fraction of sp³-hybridized carbons (Fsp3) is 0.810. The predicted molar refractivity (Wildman–Crippen MR) is 290 cm³/mol. The van der Waals surface area contributed by atoms with Gasteiger partial charge in [0.05, 0.1) is 39.9 Å². The van der Waals surface area contributed by atoms with Gasteiger partial charge in [-0.3, -0.25) is 13.8 Å². The van der Waals surface area contributed by atoms with Gasteiger partial charge in [0.25, 0.3) is 0 Å². The zero-order valence-corrected chi connectivity index (χ0v) is 45.5. The standard InChI is InChI=1S/C58H109N2O6P/c1-6-8-10-12-14-16-18-20-22-24-25-26-27-28-29-30-31-32-33-34-35-36-38-40-42-44-46-48-50-52-58(62)59-56(55-66-67(63,64)65-54-53-60(3,4)5)57(61)51-49-47-45-43-41-39-37-23-21-19-17-15-13-11-9-7-2/h8,10,14,16,20,22,25-26,28-29,56-57,61H,6-7,9,11-13,15,17-19,21,23-24,27,30-55H2,1-5H3,(H-,59,62,63,64)/p+1/b10-8-,16-14-,22-20-,26-25-,29-28-. The quantitative estimate of drug-likeness (QED) is 0.0243. The molecule has 0 spiro atoms. The largest absolute Gasteiger partial charge is 0.472 e. The first-order chi connectivity index (χ1) is 32.5. The Balaban J connectivity index is 4.13. The lowest BCUT2D eigenvalue weighted by Gasteiger charge is -2.26.